The Bertz CT molecular complexity index is 2710. The SMILES string of the molecule is COc1cc(N2C(=O)c3ccc4c5c(Br)cc6c7c(ccc(c8c(Br)cc(c3c48)C2=O)c75)C(=O)N(c2cc(OC)c(OC)c(OC)c2)C6=O)cc(OC)c1OC. The fraction of sp³-hybridized carbons (Fsp3) is 0.143. The lowest BCUT2D eigenvalue weighted by Crippen LogP contribution is -2.40. The standard InChI is InChI=1S/C42H28Br2N2O10/c1-51-27-11-17(12-28(52-2)37(27)55-5)45-39(47)21-9-7-19-34-26(44)16-24-32-22(10-8-20(36(32)34)33-25(43)15-23(41(45)49)31(21)35(19)33)40(48)46(42(24)50)18-13-29(53-3)38(56-6)30(14-18)54-4/h7-16H,1-6H3. The first-order valence-corrected chi connectivity index (χ1v) is 18.6. The Kier molecular flexibility index (Phi) is 8.08. The van der Waals surface area contributed by atoms with Gasteiger partial charge < -0.3 is 28.4 Å². The average molecular weight is 880 g/mol. The smallest absolute Gasteiger partial charge is 0.266 e. The van der Waals surface area contributed by atoms with Gasteiger partial charge in [0.1, 0.15) is 0 Å². The van der Waals surface area contributed by atoms with Crippen LogP contribution < -0.4 is 38.2 Å². The molecule has 2 aliphatic heterocycles. The molecule has 0 radical (unpaired) electrons. The van der Waals surface area contributed by atoms with E-state index in [1.54, 1.807) is 48.5 Å². The molecule has 7 aromatic rings. The van der Waals surface area contributed by atoms with Crippen molar-refractivity contribution < 1.29 is 47.6 Å². The van der Waals surface area contributed by atoms with Gasteiger partial charge in [-0.05, 0) is 35.0 Å². The molecule has 280 valence electrons. The molecular weight excluding hydrogens is 852 g/mol. The second kappa shape index (κ2) is 12.7. The summed E-state index contributed by atoms with van der Waals surface area (Å²) in [6, 6.07) is 16.7. The summed E-state index contributed by atoms with van der Waals surface area (Å²) in [5, 5.41) is 5.23. The summed E-state index contributed by atoms with van der Waals surface area (Å²) >= 11 is 7.55. The number of rotatable bonds is 8. The summed E-state index contributed by atoms with van der Waals surface area (Å²) in [7, 11) is 8.77. The van der Waals surface area contributed by atoms with E-state index in [4.69, 9.17) is 28.4 Å². The van der Waals surface area contributed by atoms with Crippen LogP contribution in [0.15, 0.2) is 69.6 Å². The van der Waals surface area contributed by atoms with E-state index < -0.39 is 23.6 Å². The minimum Gasteiger partial charge on any atom is -0.493 e. The van der Waals surface area contributed by atoms with Crippen LogP contribution in [0.5, 0.6) is 34.5 Å². The maximum atomic E-state index is 14.5. The minimum absolute atomic E-state index is 0.243. The van der Waals surface area contributed by atoms with Gasteiger partial charge in [0.25, 0.3) is 23.6 Å². The highest BCUT2D eigenvalue weighted by Crippen LogP contribution is 2.52. The number of methoxy groups -OCH3 is 6. The summed E-state index contributed by atoms with van der Waals surface area (Å²) in [4.78, 5) is 60.0. The number of ether oxygens (including phenoxy) is 6. The molecule has 14 heteroatoms. The highest BCUT2D eigenvalue weighted by atomic mass is 79.9. The summed E-state index contributed by atoms with van der Waals surface area (Å²) in [5.41, 5.74) is 1.73. The fourth-order valence-corrected chi connectivity index (χ4v) is 9.51. The zero-order chi connectivity index (χ0) is 39.5. The average Bonchev–Trinajstić information content (AvgIpc) is 3.21. The monoisotopic (exact) mass is 878 g/mol. The molecule has 0 bridgehead atoms. The maximum absolute atomic E-state index is 14.5. The van der Waals surface area contributed by atoms with Gasteiger partial charge in [-0.2, -0.15) is 0 Å². The van der Waals surface area contributed by atoms with Gasteiger partial charge in [-0.25, -0.2) is 9.80 Å². The lowest BCUT2D eigenvalue weighted by Gasteiger charge is -2.31. The molecule has 2 aliphatic rings. The molecule has 7 aromatic carbocycles. The lowest BCUT2D eigenvalue weighted by atomic mass is 9.82. The third-order valence-corrected chi connectivity index (χ3v) is 11.8. The molecule has 4 amide bonds. The molecule has 0 aromatic heterocycles. The van der Waals surface area contributed by atoms with Crippen molar-refractivity contribution in [1.29, 1.82) is 0 Å². The number of halogens is 2. The number of carbonyl (C=O) groups excluding carboxylic acids is 4. The largest absolute Gasteiger partial charge is 0.493 e. The zero-order valence-electron chi connectivity index (χ0n) is 30.5. The predicted molar refractivity (Wildman–Crippen MR) is 218 cm³/mol. The van der Waals surface area contributed by atoms with Gasteiger partial charge in [0.15, 0.2) is 23.0 Å². The van der Waals surface area contributed by atoms with Gasteiger partial charge in [0, 0.05) is 76.7 Å². The Hall–Kier alpha value is -6.12. The first kappa shape index (κ1) is 35.6. The highest BCUT2D eigenvalue weighted by Gasteiger charge is 2.40. The van der Waals surface area contributed by atoms with Crippen molar-refractivity contribution >= 4 is 110 Å². The van der Waals surface area contributed by atoms with E-state index in [1.807, 2.05) is 12.1 Å². The molecule has 0 saturated carbocycles. The van der Waals surface area contributed by atoms with Crippen molar-refractivity contribution in [3.63, 3.8) is 0 Å². The second-order valence-electron chi connectivity index (χ2n) is 13.0. The molecule has 0 aliphatic carbocycles. The molecule has 0 saturated heterocycles. The van der Waals surface area contributed by atoms with Gasteiger partial charge in [-0.15, -0.1) is 0 Å². The number of hydrogen-bond donors (Lipinski definition) is 0. The van der Waals surface area contributed by atoms with Crippen molar-refractivity contribution in [1.82, 2.24) is 0 Å². The highest BCUT2D eigenvalue weighted by molar-refractivity contribution is 9.11. The topological polar surface area (TPSA) is 130 Å². The Labute approximate surface area is 334 Å². The van der Waals surface area contributed by atoms with Crippen molar-refractivity contribution in [2.24, 2.45) is 0 Å². The summed E-state index contributed by atoms with van der Waals surface area (Å²) < 4.78 is 34.2. The zero-order valence-corrected chi connectivity index (χ0v) is 33.7. The number of anilines is 2. The van der Waals surface area contributed by atoms with Crippen molar-refractivity contribution in [3.05, 3.63) is 91.9 Å². The van der Waals surface area contributed by atoms with Crippen molar-refractivity contribution in [3.8, 4) is 34.5 Å². The van der Waals surface area contributed by atoms with E-state index in [1.165, 1.54) is 42.7 Å². The molecular formula is C42H28Br2N2O10. The Balaban J connectivity index is 1.28. The summed E-state index contributed by atoms with van der Waals surface area (Å²) in [6.45, 7) is 0. The molecule has 0 atom stereocenters. The normalized spacial score (nSPS) is 13.8. The first-order chi connectivity index (χ1) is 27.0. The van der Waals surface area contributed by atoms with Crippen LogP contribution >= 0.6 is 31.9 Å². The number of imide groups is 2. The molecule has 0 fully saturated rings. The van der Waals surface area contributed by atoms with Crippen LogP contribution in [0, 0.1) is 0 Å². The molecule has 2 heterocycles. The predicted octanol–water partition coefficient (Wildman–Crippen LogP) is 8.92. The molecule has 0 spiro atoms. The van der Waals surface area contributed by atoms with E-state index in [2.05, 4.69) is 31.9 Å². The Morgan fingerprint density at radius 1 is 0.393 bits per heavy atom. The van der Waals surface area contributed by atoms with Gasteiger partial charge in [-0.1, -0.05) is 44.0 Å². The Morgan fingerprint density at radius 2 is 0.714 bits per heavy atom. The molecule has 9 rings (SSSR count). The number of hydrogen-bond acceptors (Lipinski definition) is 10. The third kappa shape index (κ3) is 4.56. The van der Waals surface area contributed by atoms with Crippen LogP contribution in [0.25, 0.3) is 43.1 Å². The van der Waals surface area contributed by atoms with E-state index in [0.717, 1.165) is 31.3 Å². The van der Waals surface area contributed by atoms with Gasteiger partial charge in [0.2, 0.25) is 11.5 Å². The van der Waals surface area contributed by atoms with Crippen LogP contribution in [0.4, 0.5) is 11.4 Å². The second-order valence-corrected chi connectivity index (χ2v) is 14.8. The maximum Gasteiger partial charge on any atom is 0.266 e. The van der Waals surface area contributed by atoms with E-state index >= 15 is 0 Å². The van der Waals surface area contributed by atoms with Gasteiger partial charge in [0.05, 0.1) is 65.2 Å². The molecule has 56 heavy (non-hydrogen) atoms. The van der Waals surface area contributed by atoms with Crippen LogP contribution in [0.1, 0.15) is 41.4 Å². The van der Waals surface area contributed by atoms with E-state index in [-0.39, 0.29) is 34.4 Å². The Morgan fingerprint density at radius 3 is 1.02 bits per heavy atom. The van der Waals surface area contributed by atoms with Crippen molar-refractivity contribution in [2.75, 3.05) is 52.5 Å². The molecule has 0 unspecified atom stereocenters. The van der Waals surface area contributed by atoms with Crippen LogP contribution in [0.3, 0.4) is 0 Å². The number of benzene rings is 7. The summed E-state index contributed by atoms with van der Waals surface area (Å²) in [6.07, 6.45) is 0. The van der Waals surface area contributed by atoms with Crippen LogP contribution in [-0.4, -0.2) is 66.3 Å². The van der Waals surface area contributed by atoms with Gasteiger partial charge in [-0.3, -0.25) is 19.2 Å². The lowest BCUT2D eigenvalue weighted by molar-refractivity contribution is 0.0877. The summed E-state index contributed by atoms with van der Waals surface area (Å²) in [5.74, 6) is -0.384. The number of carbonyl (C=O) groups is 4. The molecule has 0 N–H and O–H groups in total. The number of amides is 4. The van der Waals surface area contributed by atoms with E-state index in [0.29, 0.717) is 64.2 Å². The number of fused-ring (bicyclic) bond motifs is 2. The van der Waals surface area contributed by atoms with E-state index in [9.17, 15) is 19.2 Å². The first-order valence-electron chi connectivity index (χ1n) is 17.0. The minimum atomic E-state index is -0.542. The van der Waals surface area contributed by atoms with Crippen LogP contribution in [-0.2, 0) is 0 Å². The number of nitrogens with zero attached hydrogens (tertiary/aromatic N) is 2. The van der Waals surface area contributed by atoms with Crippen LogP contribution in [0.2, 0.25) is 0 Å². The fourth-order valence-electron chi connectivity index (χ4n) is 8.23. The van der Waals surface area contributed by atoms with Gasteiger partial charge >= 0.3 is 0 Å². The molecule has 12 nitrogen and oxygen atoms in total. The third-order valence-electron chi connectivity index (χ3n) is 10.6. The quantitative estimate of drug-likeness (QED) is 0.0829. The van der Waals surface area contributed by atoms with Crippen molar-refractivity contribution in [2.45, 2.75) is 0 Å².